The molecule has 0 bridgehead atoms. The van der Waals surface area contributed by atoms with E-state index in [1.807, 2.05) is 49.4 Å². The van der Waals surface area contributed by atoms with E-state index < -0.39 is 0 Å². The van der Waals surface area contributed by atoms with Gasteiger partial charge in [0.1, 0.15) is 15.5 Å². The van der Waals surface area contributed by atoms with Gasteiger partial charge >= 0.3 is 0 Å². The van der Waals surface area contributed by atoms with Crippen LogP contribution in [0.3, 0.4) is 0 Å². The van der Waals surface area contributed by atoms with Gasteiger partial charge in [-0.25, -0.2) is 9.37 Å². The summed E-state index contributed by atoms with van der Waals surface area (Å²) in [5, 5.41) is 3.73. The van der Waals surface area contributed by atoms with Crippen LogP contribution in [0.5, 0.6) is 0 Å². The summed E-state index contributed by atoms with van der Waals surface area (Å²) in [7, 11) is 0. The molecule has 6 heteroatoms. The SMILES string of the molecule is C[C@H](NC(=O)c1sc2nc(-c3ccc(F)cc3)ccc2c1N)c1ccccc1. The zero-order valence-corrected chi connectivity index (χ0v) is 16.0. The maximum Gasteiger partial charge on any atom is 0.264 e. The first-order chi connectivity index (χ1) is 13.5. The number of nitrogens with one attached hydrogen (secondary N) is 1. The molecule has 4 nitrogen and oxygen atoms in total. The molecule has 140 valence electrons. The molecule has 2 aromatic heterocycles. The molecule has 0 spiro atoms. The van der Waals surface area contributed by atoms with Crippen molar-refractivity contribution < 1.29 is 9.18 Å². The fraction of sp³-hybridized carbons (Fsp3) is 0.0909. The van der Waals surface area contributed by atoms with Gasteiger partial charge in [-0.2, -0.15) is 0 Å². The van der Waals surface area contributed by atoms with Gasteiger partial charge in [0.15, 0.2) is 0 Å². The van der Waals surface area contributed by atoms with E-state index in [0.29, 0.717) is 21.1 Å². The molecule has 4 rings (SSSR count). The van der Waals surface area contributed by atoms with Gasteiger partial charge in [0.05, 0.1) is 17.4 Å². The van der Waals surface area contributed by atoms with Crippen LogP contribution in [-0.4, -0.2) is 10.9 Å². The highest BCUT2D eigenvalue weighted by Crippen LogP contribution is 2.34. The Labute approximate surface area is 165 Å². The molecule has 0 aliphatic rings. The molecule has 3 N–H and O–H groups in total. The Kier molecular flexibility index (Phi) is 4.79. The summed E-state index contributed by atoms with van der Waals surface area (Å²) in [6.07, 6.45) is 0. The van der Waals surface area contributed by atoms with Crippen molar-refractivity contribution in [2.75, 3.05) is 5.73 Å². The Morgan fingerprint density at radius 3 is 2.50 bits per heavy atom. The smallest absolute Gasteiger partial charge is 0.264 e. The summed E-state index contributed by atoms with van der Waals surface area (Å²) in [6.45, 7) is 1.93. The summed E-state index contributed by atoms with van der Waals surface area (Å²) in [5.74, 6) is -0.517. The lowest BCUT2D eigenvalue weighted by molar-refractivity contribution is 0.0945. The zero-order valence-electron chi connectivity index (χ0n) is 15.1. The predicted octanol–water partition coefficient (Wildman–Crippen LogP) is 5.18. The Balaban J connectivity index is 1.63. The second kappa shape index (κ2) is 7.40. The third kappa shape index (κ3) is 3.46. The van der Waals surface area contributed by atoms with Crippen molar-refractivity contribution in [1.82, 2.24) is 10.3 Å². The number of nitrogens with two attached hydrogens (primary N) is 1. The van der Waals surface area contributed by atoms with Gasteiger partial charge in [-0.3, -0.25) is 4.79 Å². The zero-order chi connectivity index (χ0) is 19.7. The van der Waals surface area contributed by atoms with Crippen LogP contribution in [0.1, 0.15) is 28.2 Å². The van der Waals surface area contributed by atoms with Gasteiger partial charge in [0.25, 0.3) is 5.91 Å². The number of hydrogen-bond donors (Lipinski definition) is 2. The number of halogens is 1. The van der Waals surface area contributed by atoms with Gasteiger partial charge in [0, 0.05) is 10.9 Å². The molecule has 0 aliphatic carbocycles. The Morgan fingerprint density at radius 2 is 1.79 bits per heavy atom. The van der Waals surface area contributed by atoms with Crippen LogP contribution in [0.15, 0.2) is 66.7 Å². The van der Waals surface area contributed by atoms with E-state index in [4.69, 9.17) is 5.73 Å². The third-order valence-electron chi connectivity index (χ3n) is 4.59. The number of benzene rings is 2. The third-order valence-corrected chi connectivity index (χ3v) is 5.70. The standard InChI is InChI=1S/C22H18FN3OS/c1-13(14-5-3-2-4-6-14)25-21(27)20-19(24)17-11-12-18(26-22(17)28-20)15-7-9-16(23)10-8-15/h2-13H,24H2,1H3,(H,25,27)/t13-/m0/s1. The number of nitrogen functional groups attached to an aromatic ring is 1. The molecule has 0 unspecified atom stereocenters. The number of aromatic nitrogens is 1. The highest BCUT2D eigenvalue weighted by atomic mass is 32.1. The lowest BCUT2D eigenvalue weighted by atomic mass is 10.1. The van der Waals surface area contributed by atoms with Crippen LogP contribution in [0.4, 0.5) is 10.1 Å². The molecule has 4 aromatic rings. The van der Waals surface area contributed by atoms with Gasteiger partial charge < -0.3 is 11.1 Å². The fourth-order valence-corrected chi connectivity index (χ4v) is 4.03. The summed E-state index contributed by atoms with van der Waals surface area (Å²) in [6, 6.07) is 19.4. The van der Waals surface area contributed by atoms with Crippen LogP contribution in [-0.2, 0) is 0 Å². The number of anilines is 1. The molecule has 2 heterocycles. The molecule has 0 fully saturated rings. The minimum atomic E-state index is -0.295. The normalized spacial score (nSPS) is 12.1. The second-order valence-corrected chi connectivity index (χ2v) is 7.51. The van der Waals surface area contributed by atoms with Gasteiger partial charge in [-0.1, -0.05) is 30.3 Å². The van der Waals surface area contributed by atoms with Crippen molar-refractivity contribution in [2.45, 2.75) is 13.0 Å². The molecule has 0 saturated heterocycles. The van der Waals surface area contributed by atoms with Gasteiger partial charge in [0.2, 0.25) is 0 Å². The van der Waals surface area contributed by atoms with Crippen molar-refractivity contribution in [1.29, 1.82) is 0 Å². The van der Waals surface area contributed by atoms with Crippen molar-refractivity contribution >= 4 is 33.1 Å². The number of carbonyl (C=O) groups excluding carboxylic acids is 1. The molecular weight excluding hydrogens is 373 g/mol. The minimum Gasteiger partial charge on any atom is -0.397 e. The van der Waals surface area contributed by atoms with Crippen LogP contribution < -0.4 is 11.1 Å². The van der Waals surface area contributed by atoms with Crippen LogP contribution >= 0.6 is 11.3 Å². The molecule has 1 amide bonds. The molecule has 1 atom stereocenters. The number of carbonyl (C=O) groups is 1. The van der Waals surface area contributed by atoms with Gasteiger partial charge in [-0.15, -0.1) is 11.3 Å². The number of thiophene rings is 1. The van der Waals surface area contributed by atoms with Crippen LogP contribution in [0.2, 0.25) is 0 Å². The number of hydrogen-bond acceptors (Lipinski definition) is 4. The molecular formula is C22H18FN3OS. The Morgan fingerprint density at radius 1 is 1.07 bits per heavy atom. The largest absolute Gasteiger partial charge is 0.397 e. The average Bonchev–Trinajstić information content (AvgIpc) is 3.05. The quantitative estimate of drug-likeness (QED) is 0.504. The highest BCUT2D eigenvalue weighted by molar-refractivity contribution is 7.21. The number of amides is 1. The predicted molar refractivity (Wildman–Crippen MR) is 112 cm³/mol. The minimum absolute atomic E-state index is 0.138. The van der Waals surface area contributed by atoms with Crippen molar-refractivity contribution in [3.8, 4) is 11.3 Å². The number of nitrogens with zero attached hydrogens (tertiary/aromatic N) is 1. The van der Waals surface area contributed by atoms with Crippen molar-refractivity contribution in [2.24, 2.45) is 0 Å². The number of rotatable bonds is 4. The molecule has 0 radical (unpaired) electrons. The van der Waals surface area contributed by atoms with E-state index >= 15 is 0 Å². The molecule has 28 heavy (non-hydrogen) atoms. The summed E-state index contributed by atoms with van der Waals surface area (Å²) < 4.78 is 13.1. The van der Waals surface area contributed by atoms with E-state index in [2.05, 4.69) is 10.3 Å². The number of fused-ring (bicyclic) bond motifs is 1. The van der Waals surface area contributed by atoms with E-state index in [9.17, 15) is 9.18 Å². The fourth-order valence-electron chi connectivity index (χ4n) is 3.03. The van der Waals surface area contributed by atoms with E-state index in [1.165, 1.54) is 23.5 Å². The highest BCUT2D eigenvalue weighted by Gasteiger charge is 2.19. The van der Waals surface area contributed by atoms with E-state index in [0.717, 1.165) is 16.5 Å². The van der Waals surface area contributed by atoms with E-state index in [1.54, 1.807) is 12.1 Å². The topological polar surface area (TPSA) is 68.0 Å². The Hall–Kier alpha value is -3.25. The molecule has 0 saturated carbocycles. The first-order valence-electron chi connectivity index (χ1n) is 8.83. The van der Waals surface area contributed by atoms with Crippen molar-refractivity contribution in [3.63, 3.8) is 0 Å². The monoisotopic (exact) mass is 391 g/mol. The molecule has 0 aliphatic heterocycles. The van der Waals surface area contributed by atoms with E-state index in [-0.39, 0.29) is 17.8 Å². The summed E-state index contributed by atoms with van der Waals surface area (Å²) >= 11 is 1.26. The molecule has 2 aromatic carbocycles. The number of pyridine rings is 1. The maximum absolute atomic E-state index is 13.1. The van der Waals surface area contributed by atoms with Crippen molar-refractivity contribution in [3.05, 3.63) is 83.0 Å². The first-order valence-corrected chi connectivity index (χ1v) is 9.65. The lowest BCUT2D eigenvalue weighted by Gasteiger charge is -2.13. The summed E-state index contributed by atoms with van der Waals surface area (Å²) in [4.78, 5) is 18.5. The van der Waals surface area contributed by atoms with Crippen LogP contribution in [0, 0.1) is 5.82 Å². The Bertz CT molecular complexity index is 1140. The maximum atomic E-state index is 13.1. The summed E-state index contributed by atoms with van der Waals surface area (Å²) in [5.41, 5.74) is 9.18. The average molecular weight is 391 g/mol. The second-order valence-electron chi connectivity index (χ2n) is 6.51. The van der Waals surface area contributed by atoms with Gasteiger partial charge in [-0.05, 0) is 48.9 Å². The van der Waals surface area contributed by atoms with Crippen LogP contribution in [0.25, 0.3) is 21.5 Å². The lowest BCUT2D eigenvalue weighted by Crippen LogP contribution is -2.26. The first kappa shape index (κ1) is 18.1.